The van der Waals surface area contributed by atoms with Crippen LogP contribution in [-0.2, 0) is 4.74 Å². The second-order valence-electron chi connectivity index (χ2n) is 6.80. The van der Waals surface area contributed by atoms with Gasteiger partial charge < -0.3 is 29.2 Å². The highest BCUT2D eigenvalue weighted by Gasteiger charge is 2.15. The Hall–Kier alpha value is -3.23. The van der Waals surface area contributed by atoms with Crippen molar-refractivity contribution in [2.45, 2.75) is 0 Å². The van der Waals surface area contributed by atoms with Gasteiger partial charge in [-0.2, -0.15) is 0 Å². The fourth-order valence-corrected chi connectivity index (χ4v) is 3.26. The molecule has 0 unspecified atom stereocenters. The number of aromatic hydroxyl groups is 3. The van der Waals surface area contributed by atoms with E-state index in [1.54, 1.807) is 6.07 Å². The first kappa shape index (κ1) is 19.1. The molecule has 0 spiro atoms. The van der Waals surface area contributed by atoms with Gasteiger partial charge in [-0.3, -0.25) is 9.69 Å². The molecule has 1 aliphatic heterocycles. The molecule has 8 nitrogen and oxygen atoms in total. The SMILES string of the molecule is O=c1cc(-c2ccc(O)c(O)c2)oc2cc(OCCN3CCOCC3)cc(O)c12. The third kappa shape index (κ3) is 4.13. The van der Waals surface area contributed by atoms with Crippen LogP contribution in [0.2, 0.25) is 0 Å². The Morgan fingerprint density at radius 1 is 0.966 bits per heavy atom. The summed E-state index contributed by atoms with van der Waals surface area (Å²) in [4.78, 5) is 14.7. The number of phenolic OH excluding ortho intramolecular Hbond substituents is 3. The molecule has 0 bridgehead atoms. The van der Waals surface area contributed by atoms with Gasteiger partial charge in [0.2, 0.25) is 0 Å². The van der Waals surface area contributed by atoms with Crippen LogP contribution in [0.25, 0.3) is 22.3 Å². The van der Waals surface area contributed by atoms with Crippen LogP contribution in [0.1, 0.15) is 0 Å². The van der Waals surface area contributed by atoms with Crippen LogP contribution in [-0.4, -0.2) is 59.7 Å². The molecular formula is C21H21NO7. The highest BCUT2D eigenvalue weighted by molar-refractivity contribution is 5.86. The molecule has 2 aromatic carbocycles. The highest BCUT2D eigenvalue weighted by atomic mass is 16.5. The minimum absolute atomic E-state index is 0.0530. The standard InChI is InChI=1S/C21H21NO7/c23-15-2-1-13(9-16(15)24)19-12-18(26)21-17(25)10-14(11-20(21)29-19)28-8-5-22-3-6-27-7-4-22/h1-2,9-12,23-25H,3-8H2. The fraction of sp³-hybridized carbons (Fsp3) is 0.286. The fourth-order valence-electron chi connectivity index (χ4n) is 3.26. The summed E-state index contributed by atoms with van der Waals surface area (Å²) in [6.07, 6.45) is 0. The van der Waals surface area contributed by atoms with Gasteiger partial charge in [0, 0.05) is 43.4 Å². The maximum Gasteiger partial charge on any atom is 0.197 e. The quantitative estimate of drug-likeness (QED) is 0.560. The van der Waals surface area contributed by atoms with E-state index in [4.69, 9.17) is 13.9 Å². The smallest absolute Gasteiger partial charge is 0.197 e. The van der Waals surface area contributed by atoms with E-state index in [9.17, 15) is 20.1 Å². The molecule has 1 aromatic heterocycles. The highest BCUT2D eigenvalue weighted by Crippen LogP contribution is 2.34. The van der Waals surface area contributed by atoms with Crippen LogP contribution in [0.4, 0.5) is 0 Å². The van der Waals surface area contributed by atoms with E-state index in [1.807, 2.05) is 0 Å². The number of phenols is 3. The Balaban J connectivity index is 1.60. The maximum atomic E-state index is 12.5. The van der Waals surface area contributed by atoms with Crippen LogP contribution in [0.5, 0.6) is 23.0 Å². The van der Waals surface area contributed by atoms with Gasteiger partial charge in [0.15, 0.2) is 16.9 Å². The lowest BCUT2D eigenvalue weighted by molar-refractivity contribution is 0.0322. The third-order valence-corrected chi connectivity index (χ3v) is 4.82. The minimum Gasteiger partial charge on any atom is -0.507 e. The molecule has 8 heteroatoms. The zero-order chi connectivity index (χ0) is 20.4. The van der Waals surface area contributed by atoms with Crippen molar-refractivity contribution in [2.24, 2.45) is 0 Å². The number of hydrogen-bond donors (Lipinski definition) is 3. The summed E-state index contributed by atoms with van der Waals surface area (Å²) in [5.74, 6) is -0.240. The van der Waals surface area contributed by atoms with Crippen molar-refractivity contribution in [1.82, 2.24) is 4.90 Å². The predicted molar refractivity (Wildman–Crippen MR) is 106 cm³/mol. The average Bonchev–Trinajstić information content (AvgIpc) is 2.70. The number of benzene rings is 2. The lowest BCUT2D eigenvalue weighted by Gasteiger charge is -2.26. The van der Waals surface area contributed by atoms with Crippen molar-refractivity contribution in [3.63, 3.8) is 0 Å². The van der Waals surface area contributed by atoms with Gasteiger partial charge >= 0.3 is 0 Å². The molecule has 3 N–H and O–H groups in total. The summed E-state index contributed by atoms with van der Waals surface area (Å²) >= 11 is 0. The Labute approximate surface area is 166 Å². The maximum absolute atomic E-state index is 12.5. The van der Waals surface area contributed by atoms with E-state index in [0.717, 1.165) is 19.6 Å². The van der Waals surface area contributed by atoms with Crippen LogP contribution >= 0.6 is 0 Å². The van der Waals surface area contributed by atoms with Crippen molar-refractivity contribution in [2.75, 3.05) is 39.5 Å². The van der Waals surface area contributed by atoms with E-state index in [2.05, 4.69) is 4.90 Å². The van der Waals surface area contributed by atoms with Crippen molar-refractivity contribution >= 4 is 11.0 Å². The van der Waals surface area contributed by atoms with Crippen molar-refractivity contribution in [1.29, 1.82) is 0 Å². The number of rotatable bonds is 5. The first-order valence-corrected chi connectivity index (χ1v) is 9.27. The summed E-state index contributed by atoms with van der Waals surface area (Å²) < 4.78 is 16.8. The van der Waals surface area contributed by atoms with Gasteiger partial charge in [0.1, 0.15) is 34.8 Å². The van der Waals surface area contributed by atoms with Crippen molar-refractivity contribution < 1.29 is 29.2 Å². The van der Waals surface area contributed by atoms with E-state index >= 15 is 0 Å². The monoisotopic (exact) mass is 399 g/mol. The molecule has 0 radical (unpaired) electrons. The average molecular weight is 399 g/mol. The normalized spacial score (nSPS) is 14.9. The molecule has 1 saturated heterocycles. The van der Waals surface area contributed by atoms with Gasteiger partial charge in [-0.25, -0.2) is 0 Å². The minimum atomic E-state index is -0.425. The topological polar surface area (TPSA) is 113 Å². The van der Waals surface area contributed by atoms with Crippen molar-refractivity contribution in [3.8, 4) is 34.3 Å². The first-order chi connectivity index (χ1) is 14.0. The summed E-state index contributed by atoms with van der Waals surface area (Å²) in [7, 11) is 0. The first-order valence-electron chi connectivity index (χ1n) is 9.27. The number of hydrogen-bond acceptors (Lipinski definition) is 8. The Bertz CT molecular complexity index is 1090. The summed E-state index contributed by atoms with van der Waals surface area (Å²) in [5, 5.41) is 29.5. The van der Waals surface area contributed by atoms with Crippen LogP contribution in [0.15, 0.2) is 45.6 Å². The molecule has 0 amide bonds. The Morgan fingerprint density at radius 2 is 1.76 bits per heavy atom. The Kier molecular flexibility index (Phi) is 5.28. The molecule has 0 atom stereocenters. The summed E-state index contributed by atoms with van der Waals surface area (Å²) in [6.45, 7) is 4.25. The second kappa shape index (κ2) is 8.02. The van der Waals surface area contributed by atoms with Crippen molar-refractivity contribution in [3.05, 3.63) is 46.6 Å². The van der Waals surface area contributed by atoms with Gasteiger partial charge in [-0.05, 0) is 18.2 Å². The van der Waals surface area contributed by atoms with E-state index < -0.39 is 5.43 Å². The predicted octanol–water partition coefficient (Wildman–Crippen LogP) is 2.29. The van der Waals surface area contributed by atoms with Crippen LogP contribution in [0.3, 0.4) is 0 Å². The molecule has 0 aliphatic carbocycles. The summed E-state index contributed by atoms with van der Waals surface area (Å²) in [6, 6.07) is 8.29. The Morgan fingerprint density at radius 3 is 2.52 bits per heavy atom. The molecule has 0 saturated carbocycles. The molecule has 1 fully saturated rings. The number of ether oxygens (including phenoxy) is 2. The number of morpholine rings is 1. The molecule has 3 aromatic rings. The molecule has 4 rings (SSSR count). The molecule has 1 aliphatic rings. The lowest BCUT2D eigenvalue weighted by atomic mass is 10.1. The molecule has 152 valence electrons. The number of fused-ring (bicyclic) bond motifs is 1. The molecule has 2 heterocycles. The lowest BCUT2D eigenvalue weighted by Crippen LogP contribution is -2.38. The number of nitrogens with zero attached hydrogens (tertiary/aromatic N) is 1. The summed E-state index contributed by atoms with van der Waals surface area (Å²) in [5.41, 5.74) is 0.157. The second-order valence-corrected chi connectivity index (χ2v) is 6.80. The zero-order valence-corrected chi connectivity index (χ0v) is 15.6. The van der Waals surface area contributed by atoms with Gasteiger partial charge in [0.05, 0.1) is 13.2 Å². The third-order valence-electron chi connectivity index (χ3n) is 4.82. The van der Waals surface area contributed by atoms with Gasteiger partial charge in [0.25, 0.3) is 0 Å². The largest absolute Gasteiger partial charge is 0.507 e. The van der Waals surface area contributed by atoms with Gasteiger partial charge in [-0.15, -0.1) is 0 Å². The van der Waals surface area contributed by atoms with E-state index in [0.29, 0.717) is 31.1 Å². The zero-order valence-electron chi connectivity index (χ0n) is 15.6. The van der Waals surface area contributed by atoms with E-state index in [-0.39, 0.29) is 34.0 Å². The van der Waals surface area contributed by atoms with E-state index in [1.165, 1.54) is 30.3 Å². The van der Waals surface area contributed by atoms with Gasteiger partial charge in [-0.1, -0.05) is 0 Å². The van der Waals surface area contributed by atoms with Crippen LogP contribution < -0.4 is 10.2 Å². The van der Waals surface area contributed by atoms with Crippen LogP contribution in [0, 0.1) is 0 Å². The molecular weight excluding hydrogens is 378 g/mol. The molecule has 29 heavy (non-hydrogen) atoms.